The highest BCUT2D eigenvalue weighted by atomic mass is 19.4. The van der Waals surface area contributed by atoms with Gasteiger partial charge in [-0.05, 0) is 42.2 Å². The minimum Gasteiger partial charge on any atom is -0.360 e. The predicted octanol–water partition coefficient (Wildman–Crippen LogP) is 6.13. The molecule has 0 aliphatic heterocycles. The maximum Gasteiger partial charge on any atom is 0.421 e. The summed E-state index contributed by atoms with van der Waals surface area (Å²) < 4.78 is 46.3. The minimum atomic E-state index is -4.49. The van der Waals surface area contributed by atoms with Crippen molar-refractivity contribution in [3.63, 3.8) is 0 Å². The van der Waals surface area contributed by atoms with Gasteiger partial charge >= 0.3 is 6.18 Å². The molecule has 0 N–H and O–H groups in total. The SMILES string of the molecule is C=CC1=CC2=C(c3noc(CC(C)C)c3C(F)(F)F)C=CCC2CC1. The van der Waals surface area contributed by atoms with E-state index >= 15 is 0 Å². The van der Waals surface area contributed by atoms with E-state index in [0.29, 0.717) is 5.57 Å². The van der Waals surface area contributed by atoms with Gasteiger partial charge in [-0.2, -0.15) is 13.2 Å². The average molecular weight is 349 g/mol. The molecule has 134 valence electrons. The fraction of sp³-hybridized carbons (Fsp3) is 0.450. The highest BCUT2D eigenvalue weighted by molar-refractivity contribution is 5.80. The van der Waals surface area contributed by atoms with Crippen LogP contribution in [-0.4, -0.2) is 5.16 Å². The van der Waals surface area contributed by atoms with E-state index in [1.165, 1.54) is 0 Å². The Balaban J connectivity index is 2.18. The van der Waals surface area contributed by atoms with Crippen molar-refractivity contribution in [2.75, 3.05) is 0 Å². The van der Waals surface area contributed by atoms with Crippen LogP contribution in [0.15, 0.2) is 46.6 Å². The summed E-state index contributed by atoms with van der Waals surface area (Å²) in [6.07, 6.45) is 5.82. The van der Waals surface area contributed by atoms with E-state index < -0.39 is 11.7 Å². The first kappa shape index (κ1) is 17.8. The third-order valence-electron chi connectivity index (χ3n) is 4.74. The normalized spacial score (nSPS) is 20.7. The van der Waals surface area contributed by atoms with Crippen molar-refractivity contribution in [2.24, 2.45) is 11.8 Å². The van der Waals surface area contributed by atoms with Crippen LogP contribution in [0.1, 0.15) is 50.1 Å². The highest BCUT2D eigenvalue weighted by Crippen LogP contribution is 2.44. The summed E-state index contributed by atoms with van der Waals surface area (Å²) in [4.78, 5) is 0. The Morgan fingerprint density at radius 3 is 2.80 bits per heavy atom. The smallest absolute Gasteiger partial charge is 0.360 e. The van der Waals surface area contributed by atoms with Crippen LogP contribution in [-0.2, 0) is 12.6 Å². The monoisotopic (exact) mass is 349 g/mol. The Morgan fingerprint density at radius 1 is 1.40 bits per heavy atom. The molecule has 0 aromatic carbocycles. The van der Waals surface area contributed by atoms with E-state index in [9.17, 15) is 13.2 Å². The van der Waals surface area contributed by atoms with Crippen molar-refractivity contribution in [2.45, 2.75) is 45.7 Å². The number of alkyl halides is 3. The number of nitrogens with zero attached hydrogens (tertiary/aromatic N) is 1. The lowest BCUT2D eigenvalue weighted by molar-refractivity contribution is -0.138. The second-order valence-electron chi connectivity index (χ2n) is 7.09. The first-order valence-electron chi connectivity index (χ1n) is 8.61. The Bertz CT molecular complexity index is 762. The fourth-order valence-electron chi connectivity index (χ4n) is 3.56. The van der Waals surface area contributed by atoms with Gasteiger partial charge in [0.15, 0.2) is 0 Å². The fourth-order valence-corrected chi connectivity index (χ4v) is 3.56. The molecule has 2 nitrogen and oxygen atoms in total. The van der Waals surface area contributed by atoms with Gasteiger partial charge in [-0.15, -0.1) is 0 Å². The van der Waals surface area contributed by atoms with Crippen molar-refractivity contribution in [1.82, 2.24) is 5.16 Å². The van der Waals surface area contributed by atoms with E-state index in [0.717, 1.165) is 30.4 Å². The van der Waals surface area contributed by atoms with Gasteiger partial charge in [0.2, 0.25) is 0 Å². The maximum absolute atomic E-state index is 13.7. The van der Waals surface area contributed by atoms with Crippen LogP contribution < -0.4 is 0 Å². The third kappa shape index (κ3) is 3.51. The van der Waals surface area contributed by atoms with Gasteiger partial charge in [-0.25, -0.2) is 0 Å². The van der Waals surface area contributed by atoms with Gasteiger partial charge in [0.05, 0.1) is 0 Å². The molecule has 2 aliphatic carbocycles. The maximum atomic E-state index is 13.7. The Labute approximate surface area is 145 Å². The first-order valence-corrected chi connectivity index (χ1v) is 8.61. The van der Waals surface area contributed by atoms with Crippen LogP contribution in [0, 0.1) is 11.8 Å². The van der Waals surface area contributed by atoms with Crippen LogP contribution >= 0.6 is 0 Å². The lowest BCUT2D eigenvalue weighted by Gasteiger charge is -2.27. The van der Waals surface area contributed by atoms with Crippen molar-refractivity contribution in [3.8, 4) is 0 Å². The van der Waals surface area contributed by atoms with Gasteiger partial charge in [0.25, 0.3) is 0 Å². The Morgan fingerprint density at radius 2 is 2.16 bits per heavy atom. The van der Waals surface area contributed by atoms with Crippen LogP contribution in [0.4, 0.5) is 13.2 Å². The molecule has 0 bridgehead atoms. The second kappa shape index (κ2) is 6.70. The molecule has 1 aromatic rings. The molecule has 0 saturated heterocycles. The molecular weight excluding hydrogens is 327 g/mol. The molecule has 1 aromatic heterocycles. The lowest BCUT2D eigenvalue weighted by Crippen LogP contribution is -2.15. The summed E-state index contributed by atoms with van der Waals surface area (Å²) in [7, 11) is 0. The van der Waals surface area contributed by atoms with E-state index in [2.05, 4.69) is 11.7 Å². The zero-order valence-corrected chi connectivity index (χ0v) is 14.5. The molecule has 0 radical (unpaired) electrons. The summed E-state index contributed by atoms with van der Waals surface area (Å²) in [6, 6.07) is 0. The van der Waals surface area contributed by atoms with Gasteiger partial charge in [-0.3, -0.25) is 0 Å². The molecule has 0 fully saturated rings. The van der Waals surface area contributed by atoms with Gasteiger partial charge in [-0.1, -0.05) is 49.9 Å². The first-order chi connectivity index (χ1) is 11.8. The summed E-state index contributed by atoms with van der Waals surface area (Å²) in [5.41, 5.74) is 1.69. The van der Waals surface area contributed by atoms with E-state index in [1.54, 1.807) is 12.2 Å². The van der Waals surface area contributed by atoms with E-state index in [4.69, 9.17) is 4.52 Å². The molecule has 1 unspecified atom stereocenters. The largest absolute Gasteiger partial charge is 0.421 e. The van der Waals surface area contributed by atoms with E-state index in [1.807, 2.05) is 26.0 Å². The summed E-state index contributed by atoms with van der Waals surface area (Å²) in [5.74, 6) is 0.205. The molecule has 5 heteroatoms. The topological polar surface area (TPSA) is 26.0 Å². The Hall–Kier alpha value is -2.04. The van der Waals surface area contributed by atoms with Crippen molar-refractivity contribution in [1.29, 1.82) is 0 Å². The molecule has 1 heterocycles. The zero-order valence-electron chi connectivity index (χ0n) is 14.5. The molecule has 1 atom stereocenters. The number of aromatic nitrogens is 1. The summed E-state index contributed by atoms with van der Waals surface area (Å²) in [6.45, 7) is 7.51. The summed E-state index contributed by atoms with van der Waals surface area (Å²) >= 11 is 0. The van der Waals surface area contributed by atoms with E-state index in [-0.39, 0.29) is 29.7 Å². The quantitative estimate of drug-likeness (QED) is 0.654. The lowest BCUT2D eigenvalue weighted by atomic mass is 9.77. The molecule has 0 saturated carbocycles. The molecular formula is C20H22F3NO. The standard InChI is InChI=1S/C20H22F3NO/c1-4-13-8-9-14-6-5-7-15(16(14)11-13)19-18(20(21,22)23)17(25-24-19)10-12(2)3/h4-5,7,11-12,14H,1,6,8-10H2,2-3H3. The number of hydrogen-bond donors (Lipinski definition) is 0. The second-order valence-corrected chi connectivity index (χ2v) is 7.09. The predicted molar refractivity (Wildman–Crippen MR) is 91.7 cm³/mol. The van der Waals surface area contributed by atoms with Crippen molar-refractivity contribution in [3.05, 3.63) is 59.0 Å². The van der Waals surface area contributed by atoms with Crippen molar-refractivity contribution < 1.29 is 17.7 Å². The Kier molecular flexibility index (Phi) is 4.76. The number of hydrogen-bond acceptors (Lipinski definition) is 2. The van der Waals surface area contributed by atoms with Crippen LogP contribution in [0.2, 0.25) is 0 Å². The van der Waals surface area contributed by atoms with Gasteiger partial charge in [0.1, 0.15) is 17.0 Å². The highest BCUT2D eigenvalue weighted by Gasteiger charge is 2.41. The number of halogens is 3. The van der Waals surface area contributed by atoms with Gasteiger partial charge < -0.3 is 4.52 Å². The minimum absolute atomic E-state index is 0.0520. The van der Waals surface area contributed by atoms with Crippen LogP contribution in [0.5, 0.6) is 0 Å². The molecule has 0 spiro atoms. The van der Waals surface area contributed by atoms with Gasteiger partial charge in [0, 0.05) is 12.0 Å². The third-order valence-corrected chi connectivity index (χ3v) is 4.74. The average Bonchev–Trinajstić information content (AvgIpc) is 2.96. The number of rotatable bonds is 4. The molecule has 0 amide bonds. The van der Waals surface area contributed by atoms with Crippen LogP contribution in [0.25, 0.3) is 5.57 Å². The number of fused-ring (bicyclic) bond motifs is 1. The summed E-state index contributed by atoms with van der Waals surface area (Å²) in [5, 5.41) is 3.84. The number of allylic oxidation sites excluding steroid dienone is 7. The molecule has 25 heavy (non-hydrogen) atoms. The zero-order chi connectivity index (χ0) is 18.2. The van der Waals surface area contributed by atoms with Crippen LogP contribution in [0.3, 0.4) is 0 Å². The molecule has 2 aliphatic rings. The van der Waals surface area contributed by atoms with Crippen molar-refractivity contribution >= 4 is 5.57 Å². The molecule has 3 rings (SSSR count).